The fourth-order valence-electron chi connectivity index (χ4n) is 1.82. The molecule has 0 fully saturated rings. The van der Waals surface area contributed by atoms with Crippen LogP contribution in [0.15, 0.2) is 29.6 Å². The van der Waals surface area contributed by atoms with Crippen molar-refractivity contribution >= 4 is 35.6 Å². The Morgan fingerprint density at radius 3 is 2.43 bits per heavy atom. The number of hydrogen-bond donors (Lipinski definition) is 3. The topological polar surface area (TPSA) is 97.1 Å². The second-order valence-electron chi connectivity index (χ2n) is 4.57. The maximum atomic E-state index is 11.9. The zero-order valence-electron chi connectivity index (χ0n) is 12.7. The standard InChI is InChI=1S/C15H18N4O2S.ClH/c1-2-17-14(20)11-5-3-10(4-6-11)8-18-15(21)12-9-22-13(7-16)19-12;/h3-6,9H,2,7-8,16H2,1H3,(H,17,20)(H,18,21);1H. The first-order chi connectivity index (χ1) is 10.6. The van der Waals surface area contributed by atoms with Crippen LogP contribution >= 0.6 is 23.7 Å². The molecule has 2 rings (SSSR count). The van der Waals surface area contributed by atoms with Gasteiger partial charge in [-0.3, -0.25) is 9.59 Å². The van der Waals surface area contributed by atoms with E-state index in [0.717, 1.165) is 10.6 Å². The number of thiazole rings is 1. The molecule has 0 bridgehead atoms. The van der Waals surface area contributed by atoms with Crippen LogP contribution in [-0.4, -0.2) is 23.3 Å². The van der Waals surface area contributed by atoms with Gasteiger partial charge in [-0.15, -0.1) is 23.7 Å². The van der Waals surface area contributed by atoms with Crippen molar-refractivity contribution in [2.75, 3.05) is 6.54 Å². The number of carbonyl (C=O) groups excluding carboxylic acids is 2. The first-order valence-electron chi connectivity index (χ1n) is 6.93. The summed E-state index contributed by atoms with van der Waals surface area (Å²) in [5.41, 5.74) is 7.36. The lowest BCUT2D eigenvalue weighted by Gasteiger charge is -2.05. The Labute approximate surface area is 144 Å². The quantitative estimate of drug-likeness (QED) is 0.735. The van der Waals surface area contributed by atoms with Crippen LogP contribution in [0.1, 0.15) is 38.3 Å². The third-order valence-corrected chi connectivity index (χ3v) is 3.84. The lowest BCUT2D eigenvalue weighted by molar-refractivity contribution is 0.0941. The van der Waals surface area contributed by atoms with E-state index in [1.54, 1.807) is 17.5 Å². The molecule has 0 atom stereocenters. The minimum absolute atomic E-state index is 0. The van der Waals surface area contributed by atoms with Crippen LogP contribution in [0.4, 0.5) is 0 Å². The molecule has 2 aromatic rings. The minimum atomic E-state index is -0.233. The summed E-state index contributed by atoms with van der Waals surface area (Å²) in [4.78, 5) is 27.7. The molecule has 1 aromatic carbocycles. The van der Waals surface area contributed by atoms with Crippen molar-refractivity contribution in [3.05, 3.63) is 51.5 Å². The number of benzene rings is 1. The first-order valence-corrected chi connectivity index (χ1v) is 7.81. The highest BCUT2D eigenvalue weighted by molar-refractivity contribution is 7.09. The first kappa shape index (κ1) is 19.1. The van der Waals surface area contributed by atoms with E-state index in [2.05, 4.69) is 15.6 Å². The Morgan fingerprint density at radius 2 is 1.87 bits per heavy atom. The third-order valence-electron chi connectivity index (χ3n) is 2.97. The predicted octanol–water partition coefficient (Wildman–Crippen LogP) is 1.70. The van der Waals surface area contributed by atoms with E-state index >= 15 is 0 Å². The van der Waals surface area contributed by atoms with Gasteiger partial charge in [0.05, 0.1) is 0 Å². The monoisotopic (exact) mass is 354 g/mol. The zero-order chi connectivity index (χ0) is 15.9. The van der Waals surface area contributed by atoms with Crippen LogP contribution in [0, 0.1) is 0 Å². The molecule has 0 aliphatic carbocycles. The Bertz CT molecular complexity index is 658. The van der Waals surface area contributed by atoms with Gasteiger partial charge in [-0.1, -0.05) is 12.1 Å². The van der Waals surface area contributed by atoms with Crippen LogP contribution in [-0.2, 0) is 13.1 Å². The lowest BCUT2D eigenvalue weighted by Crippen LogP contribution is -2.24. The van der Waals surface area contributed by atoms with Crippen LogP contribution in [0.25, 0.3) is 0 Å². The molecule has 1 heterocycles. The van der Waals surface area contributed by atoms with Gasteiger partial charge < -0.3 is 16.4 Å². The van der Waals surface area contributed by atoms with Gasteiger partial charge in [0.2, 0.25) is 0 Å². The van der Waals surface area contributed by atoms with E-state index in [4.69, 9.17) is 5.73 Å². The highest BCUT2D eigenvalue weighted by Crippen LogP contribution is 2.09. The summed E-state index contributed by atoms with van der Waals surface area (Å²) in [7, 11) is 0. The number of halogens is 1. The number of amides is 2. The molecule has 0 spiro atoms. The predicted molar refractivity (Wildman–Crippen MR) is 92.9 cm³/mol. The van der Waals surface area contributed by atoms with E-state index in [9.17, 15) is 9.59 Å². The molecule has 0 saturated heterocycles. The average Bonchev–Trinajstić information content (AvgIpc) is 3.02. The van der Waals surface area contributed by atoms with Gasteiger partial charge in [-0.2, -0.15) is 0 Å². The van der Waals surface area contributed by atoms with E-state index in [0.29, 0.717) is 30.9 Å². The number of nitrogens with zero attached hydrogens (tertiary/aromatic N) is 1. The normalized spacial score (nSPS) is 9.83. The lowest BCUT2D eigenvalue weighted by atomic mass is 10.1. The summed E-state index contributed by atoms with van der Waals surface area (Å²) < 4.78 is 0. The molecule has 6 nitrogen and oxygen atoms in total. The van der Waals surface area contributed by atoms with Crippen LogP contribution < -0.4 is 16.4 Å². The van der Waals surface area contributed by atoms with Gasteiger partial charge in [0.1, 0.15) is 10.7 Å². The van der Waals surface area contributed by atoms with Crippen molar-refractivity contribution in [2.24, 2.45) is 5.73 Å². The maximum absolute atomic E-state index is 11.9. The van der Waals surface area contributed by atoms with E-state index in [1.165, 1.54) is 11.3 Å². The summed E-state index contributed by atoms with van der Waals surface area (Å²) in [6, 6.07) is 7.11. The fourth-order valence-corrected chi connectivity index (χ4v) is 2.47. The highest BCUT2D eigenvalue weighted by atomic mass is 35.5. The van der Waals surface area contributed by atoms with Crippen molar-refractivity contribution in [1.29, 1.82) is 0 Å². The van der Waals surface area contributed by atoms with E-state index in [1.807, 2.05) is 19.1 Å². The molecule has 1 aromatic heterocycles. The zero-order valence-corrected chi connectivity index (χ0v) is 14.3. The summed E-state index contributed by atoms with van der Waals surface area (Å²) in [5.74, 6) is -0.335. The number of nitrogens with one attached hydrogen (secondary N) is 2. The van der Waals surface area contributed by atoms with Crippen molar-refractivity contribution in [1.82, 2.24) is 15.6 Å². The minimum Gasteiger partial charge on any atom is -0.352 e. The fraction of sp³-hybridized carbons (Fsp3) is 0.267. The van der Waals surface area contributed by atoms with Gasteiger partial charge in [0, 0.05) is 30.6 Å². The third kappa shape index (κ3) is 5.31. The van der Waals surface area contributed by atoms with Gasteiger partial charge >= 0.3 is 0 Å². The highest BCUT2D eigenvalue weighted by Gasteiger charge is 2.10. The molecule has 2 amide bonds. The Balaban J connectivity index is 0.00000264. The van der Waals surface area contributed by atoms with E-state index in [-0.39, 0.29) is 24.2 Å². The van der Waals surface area contributed by atoms with Gasteiger partial charge in [0.15, 0.2) is 0 Å². The van der Waals surface area contributed by atoms with Gasteiger partial charge in [-0.25, -0.2) is 4.98 Å². The Kier molecular flexibility index (Phi) is 7.67. The number of nitrogens with two attached hydrogens (primary N) is 1. The molecular weight excluding hydrogens is 336 g/mol. The second kappa shape index (κ2) is 9.24. The number of aromatic nitrogens is 1. The molecule has 0 radical (unpaired) electrons. The molecule has 124 valence electrons. The number of rotatable bonds is 6. The average molecular weight is 355 g/mol. The Hall–Kier alpha value is -1.96. The number of carbonyl (C=O) groups is 2. The van der Waals surface area contributed by atoms with Crippen LogP contribution in [0.5, 0.6) is 0 Å². The molecule has 8 heteroatoms. The van der Waals surface area contributed by atoms with Gasteiger partial charge in [-0.05, 0) is 24.6 Å². The van der Waals surface area contributed by atoms with Crippen molar-refractivity contribution < 1.29 is 9.59 Å². The smallest absolute Gasteiger partial charge is 0.271 e. The summed E-state index contributed by atoms with van der Waals surface area (Å²) >= 11 is 1.37. The van der Waals surface area contributed by atoms with E-state index < -0.39 is 0 Å². The van der Waals surface area contributed by atoms with Crippen LogP contribution in [0.2, 0.25) is 0 Å². The largest absolute Gasteiger partial charge is 0.352 e. The molecule has 4 N–H and O–H groups in total. The molecule has 0 unspecified atom stereocenters. The molecule has 0 aliphatic rings. The second-order valence-corrected chi connectivity index (χ2v) is 5.51. The molecular formula is C15H19ClN4O2S. The van der Waals surface area contributed by atoms with Crippen molar-refractivity contribution in [3.63, 3.8) is 0 Å². The van der Waals surface area contributed by atoms with Crippen LogP contribution in [0.3, 0.4) is 0 Å². The summed E-state index contributed by atoms with van der Waals surface area (Å²) in [6.45, 7) is 3.18. The van der Waals surface area contributed by atoms with Gasteiger partial charge in [0.25, 0.3) is 11.8 Å². The molecule has 23 heavy (non-hydrogen) atoms. The molecule has 0 aliphatic heterocycles. The summed E-state index contributed by atoms with van der Waals surface area (Å²) in [6.07, 6.45) is 0. The van der Waals surface area contributed by atoms with Crippen molar-refractivity contribution in [2.45, 2.75) is 20.0 Å². The van der Waals surface area contributed by atoms with Crippen molar-refractivity contribution in [3.8, 4) is 0 Å². The maximum Gasteiger partial charge on any atom is 0.271 e. The number of hydrogen-bond acceptors (Lipinski definition) is 5. The SMILES string of the molecule is CCNC(=O)c1ccc(CNC(=O)c2csc(CN)n2)cc1.Cl. The Morgan fingerprint density at radius 1 is 1.17 bits per heavy atom. The summed E-state index contributed by atoms with van der Waals surface area (Å²) in [5, 5.41) is 7.95. The molecule has 0 saturated carbocycles.